The molecule has 0 atom stereocenters. The molecule has 2 fully saturated rings. The molecule has 0 radical (unpaired) electrons. The molecule has 7 heteroatoms. The minimum Gasteiger partial charge on any atom is -0.493 e. The molecule has 0 unspecified atom stereocenters. The Balaban J connectivity index is 1.19. The van der Waals surface area contributed by atoms with Crippen molar-refractivity contribution in [2.75, 3.05) is 33.8 Å². The summed E-state index contributed by atoms with van der Waals surface area (Å²) >= 11 is 0. The molecular weight excluding hydrogens is 438 g/mol. The first kappa shape index (κ1) is 23.8. The molecule has 2 aliphatic rings. The van der Waals surface area contributed by atoms with Crippen molar-refractivity contribution in [3.8, 4) is 11.8 Å². The van der Waals surface area contributed by atoms with Gasteiger partial charge < -0.3 is 14.2 Å². The lowest BCUT2D eigenvalue weighted by Crippen LogP contribution is -2.33. The van der Waals surface area contributed by atoms with Crippen molar-refractivity contribution in [1.82, 2.24) is 19.9 Å². The zero-order chi connectivity index (χ0) is 24.2. The highest BCUT2D eigenvalue weighted by atomic mass is 16.5. The lowest BCUT2D eigenvalue weighted by Gasteiger charge is -2.31. The zero-order valence-corrected chi connectivity index (χ0v) is 20.9. The van der Waals surface area contributed by atoms with Crippen LogP contribution in [0.3, 0.4) is 0 Å². The minimum absolute atomic E-state index is 0.680. The fraction of sp³-hybridized carbons (Fsp3) is 0.536. The Morgan fingerprint density at radius 1 is 1.11 bits per heavy atom. The van der Waals surface area contributed by atoms with E-state index in [1.165, 1.54) is 12.8 Å². The van der Waals surface area contributed by atoms with E-state index < -0.39 is 0 Å². The fourth-order valence-electron chi connectivity index (χ4n) is 5.02. The molecule has 2 aromatic heterocycles. The lowest BCUT2D eigenvalue weighted by atomic mass is 9.91. The van der Waals surface area contributed by atoms with Crippen LogP contribution in [0.5, 0.6) is 5.75 Å². The Kier molecular flexibility index (Phi) is 7.31. The van der Waals surface area contributed by atoms with E-state index in [1.807, 2.05) is 12.1 Å². The quantitative estimate of drug-likeness (QED) is 0.419. The van der Waals surface area contributed by atoms with E-state index >= 15 is 0 Å². The number of nitrogens with zero attached hydrogens (tertiary/aromatic N) is 5. The number of benzene rings is 1. The molecule has 3 aromatic rings. The molecule has 184 valence electrons. The third kappa shape index (κ3) is 5.83. The maximum atomic E-state index is 9.32. The maximum Gasteiger partial charge on any atom is 0.175 e. The first-order valence-corrected chi connectivity index (χ1v) is 12.8. The summed E-state index contributed by atoms with van der Waals surface area (Å²) in [7, 11) is 4.14. The van der Waals surface area contributed by atoms with Crippen molar-refractivity contribution in [2.45, 2.75) is 51.6 Å². The summed E-state index contributed by atoms with van der Waals surface area (Å²) in [6, 6.07) is 10.2. The molecule has 1 saturated carbocycles. The van der Waals surface area contributed by atoms with E-state index in [2.05, 4.69) is 52.2 Å². The number of aryl methyl sites for hydroxylation is 1. The molecule has 1 aliphatic carbocycles. The normalized spacial score (nSPS) is 17.2. The van der Waals surface area contributed by atoms with Gasteiger partial charge in [-0.05, 0) is 102 Å². The summed E-state index contributed by atoms with van der Waals surface area (Å²) in [5.41, 5.74) is 4.61. The number of hydrogen-bond acceptors (Lipinski definition) is 7. The molecule has 7 nitrogen and oxygen atoms in total. The van der Waals surface area contributed by atoms with Gasteiger partial charge in [-0.1, -0.05) is 5.16 Å². The van der Waals surface area contributed by atoms with Gasteiger partial charge in [0.1, 0.15) is 11.8 Å². The van der Waals surface area contributed by atoms with Gasteiger partial charge in [-0.3, -0.25) is 9.88 Å². The van der Waals surface area contributed by atoms with Gasteiger partial charge in [-0.15, -0.1) is 0 Å². The highest BCUT2D eigenvalue weighted by molar-refractivity contribution is 5.84. The fourth-order valence-corrected chi connectivity index (χ4v) is 5.02. The van der Waals surface area contributed by atoms with Gasteiger partial charge in [0, 0.05) is 24.7 Å². The number of aromatic nitrogens is 2. The van der Waals surface area contributed by atoms with Gasteiger partial charge in [0.15, 0.2) is 5.58 Å². The Hall–Kier alpha value is -2.95. The van der Waals surface area contributed by atoms with Gasteiger partial charge in [0.05, 0.1) is 29.1 Å². The van der Waals surface area contributed by atoms with Crippen LogP contribution in [0.1, 0.15) is 54.6 Å². The molecule has 35 heavy (non-hydrogen) atoms. The molecular formula is C28H35N5O2. The van der Waals surface area contributed by atoms with Crippen molar-refractivity contribution in [3.63, 3.8) is 0 Å². The second-order valence-corrected chi connectivity index (χ2v) is 10.4. The average Bonchev–Trinajstić information content (AvgIpc) is 3.61. The number of likely N-dealkylation sites (tertiary alicyclic amines) is 1. The largest absolute Gasteiger partial charge is 0.493 e. The topological polar surface area (TPSA) is 78.4 Å². The highest BCUT2D eigenvalue weighted by Crippen LogP contribution is 2.35. The van der Waals surface area contributed by atoms with Crippen LogP contribution in [0, 0.1) is 23.2 Å². The molecule has 0 bridgehead atoms. The number of nitriles is 1. The van der Waals surface area contributed by atoms with Crippen LogP contribution in [0.15, 0.2) is 35.0 Å². The average molecular weight is 474 g/mol. The summed E-state index contributed by atoms with van der Waals surface area (Å²) < 4.78 is 12.1. The van der Waals surface area contributed by atoms with Gasteiger partial charge in [-0.2, -0.15) is 5.26 Å². The van der Waals surface area contributed by atoms with Gasteiger partial charge >= 0.3 is 0 Å². The smallest absolute Gasteiger partial charge is 0.175 e. The highest BCUT2D eigenvalue weighted by Gasteiger charge is 2.25. The van der Waals surface area contributed by atoms with Crippen molar-refractivity contribution < 1.29 is 9.26 Å². The van der Waals surface area contributed by atoms with Crippen LogP contribution >= 0.6 is 0 Å². The molecule has 3 heterocycles. The summed E-state index contributed by atoms with van der Waals surface area (Å²) in [4.78, 5) is 8.99. The summed E-state index contributed by atoms with van der Waals surface area (Å²) in [6.45, 7) is 4.41. The number of pyridine rings is 1. The van der Waals surface area contributed by atoms with E-state index in [0.29, 0.717) is 17.4 Å². The van der Waals surface area contributed by atoms with Gasteiger partial charge in [-0.25, -0.2) is 0 Å². The predicted molar refractivity (Wildman–Crippen MR) is 135 cm³/mol. The molecule has 0 N–H and O–H groups in total. The number of fused-ring (bicyclic) bond motifs is 1. The molecule has 1 saturated heterocycles. The Labute approximate surface area is 207 Å². The van der Waals surface area contributed by atoms with Gasteiger partial charge in [0.2, 0.25) is 0 Å². The first-order chi connectivity index (χ1) is 17.1. The summed E-state index contributed by atoms with van der Waals surface area (Å²) in [5, 5.41) is 14.9. The number of hydrogen-bond donors (Lipinski definition) is 0. The van der Waals surface area contributed by atoms with Crippen LogP contribution in [0.2, 0.25) is 0 Å². The Bertz CT molecular complexity index is 1190. The number of ether oxygens (including phenoxy) is 1. The third-order valence-electron chi connectivity index (χ3n) is 7.30. The molecule has 1 aromatic carbocycles. The minimum atomic E-state index is 0.680. The predicted octanol–water partition coefficient (Wildman–Crippen LogP) is 4.79. The van der Waals surface area contributed by atoms with Crippen molar-refractivity contribution in [2.24, 2.45) is 11.8 Å². The molecule has 1 aliphatic heterocycles. The van der Waals surface area contributed by atoms with E-state index in [0.717, 1.165) is 92.1 Å². The Morgan fingerprint density at radius 3 is 2.69 bits per heavy atom. The number of rotatable bonds is 10. The molecule has 5 rings (SSSR count). The van der Waals surface area contributed by atoms with Crippen LogP contribution in [-0.4, -0.2) is 53.7 Å². The van der Waals surface area contributed by atoms with Crippen LogP contribution in [0.25, 0.3) is 11.0 Å². The second kappa shape index (κ2) is 10.8. The SMILES string of the molecule is CN(C)Cc1c(OCC2CC2)ccc2c(CCC3CCN(Cc4ncccc4C#N)CC3)noc12. The van der Waals surface area contributed by atoms with Crippen molar-refractivity contribution >= 4 is 11.0 Å². The third-order valence-corrected chi connectivity index (χ3v) is 7.30. The number of piperidine rings is 1. The summed E-state index contributed by atoms with van der Waals surface area (Å²) in [6.07, 6.45) is 8.70. The van der Waals surface area contributed by atoms with Crippen LogP contribution in [0.4, 0.5) is 0 Å². The molecule has 0 amide bonds. The first-order valence-electron chi connectivity index (χ1n) is 12.8. The standard InChI is InChI=1S/C28H35N5O2/c1-32(2)17-24-27(34-19-21-5-6-21)10-8-23-25(31-35-28(23)24)9-7-20-11-14-33(15-12-20)18-26-22(16-29)4-3-13-30-26/h3-4,8,10,13,20-21H,5-7,9,11-12,14-15,17-19H2,1-2H3. The van der Waals surface area contributed by atoms with Crippen molar-refractivity contribution in [3.05, 3.63) is 53.0 Å². The molecule has 0 spiro atoms. The van der Waals surface area contributed by atoms with E-state index in [1.54, 1.807) is 6.20 Å². The lowest BCUT2D eigenvalue weighted by molar-refractivity contribution is 0.170. The van der Waals surface area contributed by atoms with E-state index in [4.69, 9.17) is 9.26 Å². The summed E-state index contributed by atoms with van der Waals surface area (Å²) in [5.74, 6) is 2.33. The Morgan fingerprint density at radius 2 is 1.94 bits per heavy atom. The van der Waals surface area contributed by atoms with E-state index in [-0.39, 0.29) is 0 Å². The van der Waals surface area contributed by atoms with E-state index in [9.17, 15) is 5.26 Å². The monoisotopic (exact) mass is 473 g/mol. The second-order valence-electron chi connectivity index (χ2n) is 10.4. The maximum absolute atomic E-state index is 9.32. The van der Waals surface area contributed by atoms with Crippen LogP contribution in [-0.2, 0) is 19.5 Å². The van der Waals surface area contributed by atoms with Crippen LogP contribution < -0.4 is 4.74 Å². The zero-order valence-electron chi connectivity index (χ0n) is 20.9. The van der Waals surface area contributed by atoms with Gasteiger partial charge in [0.25, 0.3) is 0 Å². The van der Waals surface area contributed by atoms with Crippen molar-refractivity contribution in [1.29, 1.82) is 5.26 Å².